The van der Waals surface area contributed by atoms with Gasteiger partial charge in [-0.25, -0.2) is 0 Å². The zero-order valence-electron chi connectivity index (χ0n) is 9.14. The first-order chi connectivity index (χ1) is 7.41. The summed E-state index contributed by atoms with van der Waals surface area (Å²) in [7, 11) is 0. The summed E-state index contributed by atoms with van der Waals surface area (Å²) < 4.78 is 5.90. The lowest BCUT2D eigenvalue weighted by atomic mass is 9.69. The number of hydrogen-bond acceptors (Lipinski definition) is 1. The van der Waals surface area contributed by atoms with E-state index in [4.69, 9.17) is 27.9 Å². The van der Waals surface area contributed by atoms with E-state index in [0.717, 1.165) is 12.2 Å². The van der Waals surface area contributed by atoms with Crippen molar-refractivity contribution in [1.82, 2.24) is 0 Å². The molecule has 0 radical (unpaired) electrons. The van der Waals surface area contributed by atoms with Crippen molar-refractivity contribution < 1.29 is 4.74 Å². The minimum absolute atomic E-state index is 0.159. The van der Waals surface area contributed by atoms with Crippen molar-refractivity contribution in [2.75, 3.05) is 0 Å². The second kappa shape index (κ2) is 4.40. The van der Waals surface area contributed by atoms with Gasteiger partial charge in [-0.1, -0.05) is 53.0 Å². The van der Waals surface area contributed by atoms with Crippen molar-refractivity contribution in [3.63, 3.8) is 0 Å². The molecule has 1 aliphatic carbocycles. The molecular weight excluding hydrogens is 311 g/mol. The molecule has 0 N–H and O–H groups in total. The quantitative estimate of drug-likeness (QED) is 0.701. The Balaban J connectivity index is 2.08. The molecule has 0 aromatic heterocycles. The number of halogens is 3. The molecule has 1 saturated carbocycles. The van der Waals surface area contributed by atoms with Gasteiger partial charge in [-0.15, -0.1) is 0 Å². The van der Waals surface area contributed by atoms with Crippen LogP contribution in [0.25, 0.3) is 0 Å². The molecule has 1 aromatic rings. The summed E-state index contributed by atoms with van der Waals surface area (Å²) in [4.78, 5) is 0.521. The molecule has 4 heteroatoms. The zero-order valence-corrected chi connectivity index (χ0v) is 12.2. The highest BCUT2D eigenvalue weighted by Gasteiger charge is 2.48. The zero-order chi connectivity index (χ0) is 11.9. The Hall–Kier alpha value is 0.0800. The average molecular weight is 324 g/mol. The molecule has 2 unspecified atom stereocenters. The predicted octanol–water partition coefficient (Wildman–Crippen LogP) is 4.93. The van der Waals surface area contributed by atoms with E-state index in [1.807, 2.05) is 6.07 Å². The standard InChI is InChI=1S/C12H13BrCl2O/c1-12(2)10(13)6-11(12)16-7-3-4-8(14)9(15)5-7/h3-5,10-11H,6H2,1-2H3. The van der Waals surface area contributed by atoms with Gasteiger partial charge in [0.1, 0.15) is 11.9 Å². The van der Waals surface area contributed by atoms with Crippen molar-refractivity contribution in [3.8, 4) is 5.75 Å². The lowest BCUT2D eigenvalue weighted by Crippen LogP contribution is -2.53. The van der Waals surface area contributed by atoms with Crippen molar-refractivity contribution in [2.45, 2.75) is 31.2 Å². The van der Waals surface area contributed by atoms with Gasteiger partial charge in [0.2, 0.25) is 0 Å². The summed E-state index contributed by atoms with van der Waals surface area (Å²) in [5.74, 6) is 0.784. The predicted molar refractivity (Wildman–Crippen MR) is 72.0 cm³/mol. The lowest BCUT2D eigenvalue weighted by Gasteiger charge is -2.48. The molecule has 0 amide bonds. The van der Waals surface area contributed by atoms with Crippen LogP contribution in [0, 0.1) is 5.41 Å². The summed E-state index contributed by atoms with van der Waals surface area (Å²) >= 11 is 15.4. The lowest BCUT2D eigenvalue weighted by molar-refractivity contribution is -0.00778. The third-order valence-corrected chi connectivity index (χ3v) is 5.52. The third kappa shape index (κ3) is 2.20. The van der Waals surface area contributed by atoms with Gasteiger partial charge < -0.3 is 4.74 Å². The van der Waals surface area contributed by atoms with Crippen LogP contribution in [0.5, 0.6) is 5.75 Å². The summed E-state index contributed by atoms with van der Waals surface area (Å²) in [6.07, 6.45) is 1.25. The first kappa shape index (κ1) is 12.5. The number of ether oxygens (including phenoxy) is 1. The fourth-order valence-electron chi connectivity index (χ4n) is 1.75. The molecular formula is C12H13BrCl2O. The number of rotatable bonds is 2. The fraction of sp³-hybridized carbons (Fsp3) is 0.500. The van der Waals surface area contributed by atoms with Crippen molar-refractivity contribution >= 4 is 39.1 Å². The molecule has 1 aromatic carbocycles. The van der Waals surface area contributed by atoms with Gasteiger partial charge >= 0.3 is 0 Å². The van der Waals surface area contributed by atoms with Crippen molar-refractivity contribution in [1.29, 1.82) is 0 Å². The smallest absolute Gasteiger partial charge is 0.121 e. The van der Waals surface area contributed by atoms with E-state index in [9.17, 15) is 0 Å². The summed E-state index contributed by atoms with van der Waals surface area (Å²) in [5.41, 5.74) is 0.159. The Bertz CT molecular complexity index is 406. The Kier molecular flexibility index (Phi) is 3.44. The average Bonchev–Trinajstić information content (AvgIpc) is 2.23. The summed E-state index contributed by atoms with van der Waals surface area (Å²) in [5, 5.41) is 1.09. The second-order valence-electron chi connectivity index (χ2n) is 4.71. The van der Waals surface area contributed by atoms with Gasteiger partial charge in [-0.05, 0) is 18.6 Å². The van der Waals surface area contributed by atoms with E-state index in [1.54, 1.807) is 12.1 Å². The minimum atomic E-state index is 0.159. The normalized spacial score (nSPS) is 27.3. The molecule has 1 aliphatic rings. The highest BCUT2D eigenvalue weighted by molar-refractivity contribution is 9.09. The highest BCUT2D eigenvalue weighted by Crippen LogP contribution is 2.47. The Morgan fingerprint density at radius 2 is 2.00 bits per heavy atom. The summed E-state index contributed by atoms with van der Waals surface area (Å²) in [6.45, 7) is 4.39. The summed E-state index contributed by atoms with van der Waals surface area (Å²) in [6, 6.07) is 5.38. The molecule has 0 saturated heterocycles. The van der Waals surface area contributed by atoms with E-state index in [-0.39, 0.29) is 11.5 Å². The molecule has 88 valence electrons. The van der Waals surface area contributed by atoms with E-state index in [2.05, 4.69) is 29.8 Å². The Morgan fingerprint density at radius 1 is 1.31 bits per heavy atom. The molecule has 1 fully saturated rings. The second-order valence-corrected chi connectivity index (χ2v) is 6.63. The monoisotopic (exact) mass is 322 g/mol. The molecule has 16 heavy (non-hydrogen) atoms. The van der Waals surface area contributed by atoms with Crippen LogP contribution < -0.4 is 4.74 Å². The maximum Gasteiger partial charge on any atom is 0.121 e. The minimum Gasteiger partial charge on any atom is -0.490 e. The van der Waals surface area contributed by atoms with Crippen molar-refractivity contribution in [2.24, 2.45) is 5.41 Å². The first-order valence-electron chi connectivity index (χ1n) is 5.17. The van der Waals surface area contributed by atoms with Crippen LogP contribution in [0.15, 0.2) is 18.2 Å². The highest BCUT2D eigenvalue weighted by atomic mass is 79.9. The van der Waals surface area contributed by atoms with Crippen LogP contribution in [0.3, 0.4) is 0 Å². The Labute approximate surface area is 114 Å². The van der Waals surface area contributed by atoms with Gasteiger partial charge in [0, 0.05) is 16.3 Å². The number of alkyl halides is 1. The maximum absolute atomic E-state index is 5.94. The Morgan fingerprint density at radius 3 is 2.50 bits per heavy atom. The van der Waals surface area contributed by atoms with E-state index >= 15 is 0 Å². The van der Waals surface area contributed by atoms with Crippen LogP contribution in [-0.4, -0.2) is 10.9 Å². The van der Waals surface area contributed by atoms with Gasteiger partial charge in [0.15, 0.2) is 0 Å². The molecule has 2 atom stereocenters. The molecule has 0 bridgehead atoms. The van der Waals surface area contributed by atoms with Gasteiger partial charge in [-0.3, -0.25) is 0 Å². The van der Waals surface area contributed by atoms with Gasteiger partial charge in [0.25, 0.3) is 0 Å². The molecule has 1 nitrogen and oxygen atoms in total. The van der Waals surface area contributed by atoms with Crippen molar-refractivity contribution in [3.05, 3.63) is 28.2 Å². The van der Waals surface area contributed by atoms with Crippen LogP contribution in [0.4, 0.5) is 0 Å². The topological polar surface area (TPSA) is 9.23 Å². The maximum atomic E-state index is 5.94. The third-order valence-electron chi connectivity index (χ3n) is 3.23. The number of hydrogen-bond donors (Lipinski definition) is 0. The van der Waals surface area contributed by atoms with Crippen LogP contribution >= 0.6 is 39.1 Å². The van der Waals surface area contributed by atoms with E-state index in [1.165, 1.54) is 0 Å². The van der Waals surface area contributed by atoms with Gasteiger partial charge in [0.05, 0.1) is 10.0 Å². The molecule has 2 rings (SSSR count). The largest absolute Gasteiger partial charge is 0.490 e. The van der Waals surface area contributed by atoms with Crippen LogP contribution in [-0.2, 0) is 0 Å². The van der Waals surface area contributed by atoms with E-state index < -0.39 is 0 Å². The fourth-order valence-corrected chi connectivity index (χ4v) is 2.67. The van der Waals surface area contributed by atoms with E-state index in [0.29, 0.717) is 14.9 Å². The van der Waals surface area contributed by atoms with Crippen LogP contribution in [0.1, 0.15) is 20.3 Å². The molecule has 0 heterocycles. The SMILES string of the molecule is CC1(C)C(Br)CC1Oc1ccc(Cl)c(Cl)c1. The molecule has 0 aliphatic heterocycles. The van der Waals surface area contributed by atoms with Crippen LogP contribution in [0.2, 0.25) is 10.0 Å². The van der Waals surface area contributed by atoms with Gasteiger partial charge in [-0.2, -0.15) is 0 Å². The number of benzene rings is 1. The first-order valence-corrected chi connectivity index (χ1v) is 6.84. The molecule has 0 spiro atoms.